The minimum Gasteiger partial charge on any atom is -0.335 e. The summed E-state index contributed by atoms with van der Waals surface area (Å²) in [5.74, 6) is 4.57. The molecule has 0 radical (unpaired) electrons. The van der Waals surface area contributed by atoms with Crippen molar-refractivity contribution in [3.63, 3.8) is 0 Å². The van der Waals surface area contributed by atoms with Crippen LogP contribution in [0.5, 0.6) is 0 Å². The van der Waals surface area contributed by atoms with Crippen LogP contribution in [0.15, 0.2) is 0 Å². The van der Waals surface area contributed by atoms with Crippen molar-refractivity contribution in [3.05, 3.63) is 28.9 Å². The van der Waals surface area contributed by atoms with Gasteiger partial charge in [0.25, 0.3) is 0 Å². The summed E-state index contributed by atoms with van der Waals surface area (Å²) >= 11 is 0. The van der Waals surface area contributed by atoms with Gasteiger partial charge in [-0.15, -0.1) is 10.2 Å². The highest BCUT2D eigenvalue weighted by molar-refractivity contribution is 5.21. The molecule has 2 aromatic heterocycles. The smallest absolute Gasteiger partial charge is 0.146 e. The molecular weight excluding hydrogens is 288 g/mol. The molecule has 3 heterocycles. The van der Waals surface area contributed by atoms with Crippen LogP contribution in [0.1, 0.15) is 67.4 Å². The molecule has 1 aliphatic heterocycles. The Kier molecular flexibility index (Phi) is 3.52. The Morgan fingerprint density at radius 3 is 2.61 bits per heavy atom. The van der Waals surface area contributed by atoms with Crippen LogP contribution in [-0.4, -0.2) is 35.8 Å². The van der Waals surface area contributed by atoms with Crippen LogP contribution in [0.2, 0.25) is 0 Å². The molecule has 6 nitrogen and oxygen atoms in total. The summed E-state index contributed by atoms with van der Waals surface area (Å²) < 4.78 is 4.50. The van der Waals surface area contributed by atoms with E-state index in [9.17, 15) is 0 Å². The Labute approximate surface area is 137 Å². The van der Waals surface area contributed by atoms with Crippen LogP contribution in [-0.2, 0) is 33.6 Å². The molecule has 0 saturated heterocycles. The quantitative estimate of drug-likeness (QED) is 0.867. The zero-order valence-electron chi connectivity index (χ0n) is 14.6. The van der Waals surface area contributed by atoms with Gasteiger partial charge in [0, 0.05) is 51.1 Å². The Morgan fingerprint density at radius 1 is 1.13 bits per heavy atom. The number of rotatable bonds is 4. The predicted molar refractivity (Wildman–Crippen MR) is 88.1 cm³/mol. The number of hydrogen-bond donors (Lipinski definition) is 0. The van der Waals surface area contributed by atoms with Crippen LogP contribution in [0, 0.1) is 0 Å². The summed E-state index contributed by atoms with van der Waals surface area (Å²) in [5, 5.41) is 8.82. The highest BCUT2D eigenvalue weighted by Crippen LogP contribution is 2.38. The summed E-state index contributed by atoms with van der Waals surface area (Å²) in [6, 6.07) is 0. The molecule has 1 aliphatic carbocycles. The molecule has 124 valence electrons. The molecule has 0 atom stereocenters. The molecule has 0 N–H and O–H groups in total. The topological polar surface area (TPSA) is 51.8 Å². The number of aromatic nitrogens is 5. The van der Waals surface area contributed by atoms with Gasteiger partial charge in [0.05, 0.1) is 12.2 Å². The van der Waals surface area contributed by atoms with E-state index in [1.807, 2.05) is 0 Å². The van der Waals surface area contributed by atoms with Crippen LogP contribution < -0.4 is 0 Å². The van der Waals surface area contributed by atoms with Crippen molar-refractivity contribution in [1.29, 1.82) is 0 Å². The monoisotopic (exact) mass is 314 g/mol. The zero-order valence-corrected chi connectivity index (χ0v) is 14.6. The Bertz CT molecular complexity index is 722. The van der Waals surface area contributed by atoms with Crippen LogP contribution in [0.4, 0.5) is 0 Å². The van der Waals surface area contributed by atoms with Crippen LogP contribution in [0.25, 0.3) is 0 Å². The molecule has 2 aliphatic rings. The highest BCUT2D eigenvalue weighted by Gasteiger charge is 2.30. The van der Waals surface area contributed by atoms with Crippen molar-refractivity contribution in [2.75, 3.05) is 6.54 Å². The molecule has 0 unspecified atom stereocenters. The molecule has 4 rings (SSSR count). The second-order valence-electron chi connectivity index (χ2n) is 7.35. The fraction of sp³-hybridized carbons (Fsp3) is 0.706. The van der Waals surface area contributed by atoms with Crippen molar-refractivity contribution >= 4 is 0 Å². The first-order chi connectivity index (χ1) is 11.0. The first-order valence-corrected chi connectivity index (χ1v) is 8.69. The average Bonchev–Trinajstić information content (AvgIpc) is 3.22. The van der Waals surface area contributed by atoms with Gasteiger partial charge in [-0.2, -0.15) is 0 Å². The molecular formula is C17H26N6. The SMILES string of the molecule is CC(C)c1nc2c(n1C)CCN(Cc1nnc(C3CC3)n1C)C2. The van der Waals surface area contributed by atoms with E-state index in [0.29, 0.717) is 11.8 Å². The summed E-state index contributed by atoms with van der Waals surface area (Å²) in [4.78, 5) is 7.33. The van der Waals surface area contributed by atoms with Gasteiger partial charge in [-0.25, -0.2) is 4.98 Å². The molecule has 0 spiro atoms. The van der Waals surface area contributed by atoms with Crippen LogP contribution >= 0.6 is 0 Å². The molecule has 1 fully saturated rings. The number of nitrogens with zero attached hydrogens (tertiary/aromatic N) is 6. The maximum absolute atomic E-state index is 4.89. The number of hydrogen-bond acceptors (Lipinski definition) is 4. The summed E-state index contributed by atoms with van der Waals surface area (Å²) in [7, 11) is 4.26. The van der Waals surface area contributed by atoms with Gasteiger partial charge >= 0.3 is 0 Å². The molecule has 0 aromatic carbocycles. The van der Waals surface area contributed by atoms with Gasteiger partial charge < -0.3 is 9.13 Å². The first-order valence-electron chi connectivity index (χ1n) is 8.69. The van der Waals surface area contributed by atoms with E-state index in [1.54, 1.807) is 0 Å². The van der Waals surface area contributed by atoms with E-state index in [2.05, 4.69) is 52.2 Å². The molecule has 6 heteroatoms. The van der Waals surface area contributed by atoms with Gasteiger partial charge in [0.2, 0.25) is 0 Å². The summed E-state index contributed by atoms with van der Waals surface area (Å²) in [6.45, 7) is 7.27. The molecule has 1 saturated carbocycles. The van der Waals surface area contributed by atoms with E-state index < -0.39 is 0 Å². The summed E-state index contributed by atoms with van der Waals surface area (Å²) in [5.41, 5.74) is 2.65. The predicted octanol–water partition coefficient (Wildman–Crippen LogP) is 2.11. The fourth-order valence-corrected chi connectivity index (χ4v) is 3.66. The normalized spacial score (nSPS) is 18.7. The Morgan fingerprint density at radius 2 is 1.91 bits per heavy atom. The lowest BCUT2D eigenvalue weighted by molar-refractivity contribution is 0.231. The van der Waals surface area contributed by atoms with E-state index in [0.717, 1.165) is 37.7 Å². The van der Waals surface area contributed by atoms with Gasteiger partial charge in [-0.3, -0.25) is 4.90 Å². The van der Waals surface area contributed by atoms with E-state index in [1.165, 1.54) is 30.1 Å². The Balaban J connectivity index is 1.51. The minimum atomic E-state index is 0.471. The average molecular weight is 314 g/mol. The third-order valence-corrected chi connectivity index (χ3v) is 5.19. The molecule has 0 amide bonds. The van der Waals surface area contributed by atoms with Gasteiger partial charge in [-0.05, 0) is 12.8 Å². The van der Waals surface area contributed by atoms with Crippen molar-refractivity contribution in [1.82, 2.24) is 29.2 Å². The zero-order chi connectivity index (χ0) is 16.1. The Hall–Kier alpha value is -1.69. The number of imidazole rings is 1. The maximum Gasteiger partial charge on any atom is 0.146 e. The maximum atomic E-state index is 4.89. The minimum absolute atomic E-state index is 0.471. The largest absolute Gasteiger partial charge is 0.335 e. The van der Waals surface area contributed by atoms with E-state index >= 15 is 0 Å². The van der Waals surface area contributed by atoms with Gasteiger partial charge in [-0.1, -0.05) is 13.8 Å². The van der Waals surface area contributed by atoms with Crippen molar-refractivity contribution in [2.45, 2.75) is 58.0 Å². The van der Waals surface area contributed by atoms with Crippen molar-refractivity contribution < 1.29 is 0 Å². The molecule has 23 heavy (non-hydrogen) atoms. The molecule has 2 aromatic rings. The second-order valence-corrected chi connectivity index (χ2v) is 7.35. The third kappa shape index (κ3) is 2.59. The van der Waals surface area contributed by atoms with Crippen molar-refractivity contribution in [2.24, 2.45) is 14.1 Å². The van der Waals surface area contributed by atoms with Gasteiger partial charge in [0.15, 0.2) is 0 Å². The first kappa shape index (κ1) is 14.9. The number of fused-ring (bicyclic) bond motifs is 1. The van der Waals surface area contributed by atoms with Gasteiger partial charge in [0.1, 0.15) is 17.5 Å². The fourth-order valence-electron chi connectivity index (χ4n) is 3.66. The standard InChI is InChI=1S/C17H26N6/c1-11(2)16-18-13-9-23(8-7-14(13)21(16)3)10-15-19-20-17(22(15)4)12-5-6-12/h11-12H,5-10H2,1-4H3. The van der Waals surface area contributed by atoms with E-state index in [4.69, 9.17) is 4.98 Å². The van der Waals surface area contributed by atoms with E-state index in [-0.39, 0.29) is 0 Å². The lowest BCUT2D eigenvalue weighted by atomic mass is 10.1. The highest BCUT2D eigenvalue weighted by atomic mass is 15.3. The third-order valence-electron chi connectivity index (χ3n) is 5.19. The van der Waals surface area contributed by atoms with Crippen molar-refractivity contribution in [3.8, 4) is 0 Å². The lowest BCUT2D eigenvalue weighted by Gasteiger charge is -2.26. The molecule has 0 bridgehead atoms. The summed E-state index contributed by atoms with van der Waals surface area (Å²) in [6.07, 6.45) is 3.61. The lowest BCUT2D eigenvalue weighted by Crippen LogP contribution is -2.31. The van der Waals surface area contributed by atoms with Crippen LogP contribution in [0.3, 0.4) is 0 Å². The second kappa shape index (κ2) is 5.44.